The highest BCUT2D eigenvalue weighted by molar-refractivity contribution is 7.90. The SMILES string of the molecule is CC1CCN(c2ncccc2C(=O)NS(=O)(=O)c2cccc(N3Cc4cccc5cccc(c45)C3)n2)C1(C)C. The van der Waals surface area contributed by atoms with Crippen LogP contribution < -0.4 is 14.5 Å². The smallest absolute Gasteiger partial charge is 0.281 e. The first kappa shape index (κ1) is 25.3. The van der Waals surface area contributed by atoms with Crippen LogP contribution in [0.2, 0.25) is 0 Å². The number of anilines is 2. The molecule has 39 heavy (non-hydrogen) atoms. The van der Waals surface area contributed by atoms with E-state index in [0.29, 0.717) is 30.6 Å². The van der Waals surface area contributed by atoms with E-state index in [1.807, 2.05) is 17.0 Å². The zero-order valence-electron chi connectivity index (χ0n) is 22.3. The van der Waals surface area contributed by atoms with Gasteiger partial charge in [-0.1, -0.05) is 49.4 Å². The molecule has 4 heterocycles. The summed E-state index contributed by atoms with van der Waals surface area (Å²) in [5.41, 5.74) is 2.34. The second kappa shape index (κ2) is 9.34. The molecular formula is C30H31N5O3S. The highest BCUT2D eigenvalue weighted by atomic mass is 32.2. The van der Waals surface area contributed by atoms with Gasteiger partial charge >= 0.3 is 0 Å². The first-order chi connectivity index (χ1) is 18.6. The Morgan fingerprint density at radius 2 is 1.67 bits per heavy atom. The van der Waals surface area contributed by atoms with Gasteiger partial charge in [0.15, 0.2) is 5.03 Å². The maximum absolute atomic E-state index is 13.4. The number of nitrogens with one attached hydrogen (secondary N) is 1. The Hall–Kier alpha value is -3.98. The lowest BCUT2D eigenvalue weighted by molar-refractivity contribution is 0.0981. The van der Waals surface area contributed by atoms with E-state index >= 15 is 0 Å². The zero-order chi connectivity index (χ0) is 27.4. The second-order valence-electron chi connectivity index (χ2n) is 10.9. The number of hydrogen-bond donors (Lipinski definition) is 1. The van der Waals surface area contributed by atoms with Crippen LogP contribution >= 0.6 is 0 Å². The fourth-order valence-electron chi connectivity index (χ4n) is 5.75. The molecule has 9 heteroatoms. The summed E-state index contributed by atoms with van der Waals surface area (Å²) in [4.78, 5) is 26.4. The first-order valence-electron chi connectivity index (χ1n) is 13.2. The highest BCUT2D eigenvalue weighted by Gasteiger charge is 2.40. The van der Waals surface area contributed by atoms with E-state index in [1.165, 1.54) is 28.0 Å². The number of nitrogens with zero attached hydrogens (tertiary/aromatic N) is 4. The molecule has 2 aliphatic heterocycles. The minimum atomic E-state index is -4.23. The van der Waals surface area contributed by atoms with E-state index in [1.54, 1.807) is 30.5 Å². The van der Waals surface area contributed by atoms with Gasteiger partial charge < -0.3 is 9.80 Å². The normalized spacial score (nSPS) is 18.4. The largest absolute Gasteiger partial charge is 0.351 e. The molecule has 1 N–H and O–H groups in total. The van der Waals surface area contributed by atoms with Crippen LogP contribution in [0.15, 0.2) is 78.0 Å². The van der Waals surface area contributed by atoms with Gasteiger partial charge in [0.25, 0.3) is 15.9 Å². The van der Waals surface area contributed by atoms with E-state index in [-0.39, 0.29) is 16.1 Å². The van der Waals surface area contributed by atoms with Gasteiger partial charge in [-0.25, -0.2) is 14.7 Å². The molecule has 1 unspecified atom stereocenters. The molecule has 6 rings (SSSR count). The summed E-state index contributed by atoms with van der Waals surface area (Å²) in [5, 5.41) is 2.24. The molecule has 0 spiro atoms. The van der Waals surface area contributed by atoms with Gasteiger partial charge in [0.05, 0.1) is 5.56 Å². The number of amides is 1. The van der Waals surface area contributed by atoms with Gasteiger partial charge in [-0.05, 0) is 72.4 Å². The van der Waals surface area contributed by atoms with Gasteiger partial charge in [0, 0.05) is 31.4 Å². The van der Waals surface area contributed by atoms with Crippen molar-refractivity contribution < 1.29 is 13.2 Å². The first-order valence-corrected chi connectivity index (χ1v) is 14.6. The Morgan fingerprint density at radius 1 is 0.974 bits per heavy atom. The summed E-state index contributed by atoms with van der Waals surface area (Å²) in [6, 6.07) is 20.6. The average molecular weight is 542 g/mol. The minimum Gasteiger partial charge on any atom is -0.351 e. The fourth-order valence-corrected chi connectivity index (χ4v) is 6.68. The molecule has 2 aromatic heterocycles. The van der Waals surface area contributed by atoms with Crippen LogP contribution in [0.5, 0.6) is 0 Å². The lowest BCUT2D eigenvalue weighted by atomic mass is 9.90. The number of hydrogen-bond acceptors (Lipinski definition) is 7. The number of pyridine rings is 2. The molecule has 8 nitrogen and oxygen atoms in total. The Morgan fingerprint density at radius 3 is 2.33 bits per heavy atom. The molecule has 2 aromatic carbocycles. The van der Waals surface area contributed by atoms with Crippen molar-refractivity contribution in [3.05, 3.63) is 89.6 Å². The molecule has 0 aliphatic carbocycles. The fraction of sp³-hybridized carbons (Fsp3) is 0.300. The van der Waals surface area contributed by atoms with Gasteiger partial charge in [0.1, 0.15) is 11.6 Å². The monoisotopic (exact) mass is 541 g/mol. The molecule has 1 atom stereocenters. The van der Waals surface area contributed by atoms with Gasteiger partial charge in [-0.2, -0.15) is 8.42 Å². The van der Waals surface area contributed by atoms with Crippen molar-refractivity contribution in [2.75, 3.05) is 16.3 Å². The third-order valence-electron chi connectivity index (χ3n) is 8.31. The van der Waals surface area contributed by atoms with Crippen LogP contribution in [0.1, 0.15) is 48.7 Å². The number of rotatable bonds is 5. The predicted octanol–water partition coefficient (Wildman–Crippen LogP) is 4.89. The summed E-state index contributed by atoms with van der Waals surface area (Å²) in [6.45, 7) is 8.38. The Bertz CT molecular complexity index is 1660. The van der Waals surface area contributed by atoms with Gasteiger partial charge in [0.2, 0.25) is 0 Å². The zero-order valence-corrected chi connectivity index (χ0v) is 23.1. The lowest BCUT2D eigenvalue weighted by Crippen LogP contribution is -2.43. The molecule has 1 fully saturated rings. The summed E-state index contributed by atoms with van der Waals surface area (Å²) in [6.07, 6.45) is 2.59. The van der Waals surface area contributed by atoms with Crippen LogP contribution in [-0.4, -0.2) is 36.4 Å². The standard InChI is InChI=1S/C30H31N5O3S/c1-20-15-17-35(30(20,2)3)28-24(12-7-16-31-28)29(36)33-39(37,38)26-14-6-13-25(32-26)34-18-22-10-4-8-21-9-5-11-23(19-34)27(21)22/h4-14,16,20H,15,17-19H2,1-3H3,(H,33,36). The molecule has 1 saturated heterocycles. The van der Waals surface area contributed by atoms with Crippen molar-refractivity contribution in [3.8, 4) is 0 Å². The highest BCUT2D eigenvalue weighted by Crippen LogP contribution is 2.38. The topological polar surface area (TPSA) is 95.5 Å². The van der Waals surface area contributed by atoms with Crippen molar-refractivity contribution in [3.63, 3.8) is 0 Å². The van der Waals surface area contributed by atoms with Crippen LogP contribution in [0.3, 0.4) is 0 Å². The van der Waals surface area contributed by atoms with Crippen molar-refractivity contribution in [2.45, 2.75) is 50.8 Å². The van der Waals surface area contributed by atoms with Gasteiger partial charge in [-0.3, -0.25) is 4.79 Å². The molecule has 1 amide bonds. The third-order valence-corrected chi connectivity index (χ3v) is 9.54. The molecule has 2 aliphatic rings. The van der Waals surface area contributed by atoms with Crippen LogP contribution in [0.25, 0.3) is 10.8 Å². The Kier molecular flexibility index (Phi) is 6.06. The van der Waals surface area contributed by atoms with Gasteiger partial charge in [-0.15, -0.1) is 0 Å². The van der Waals surface area contributed by atoms with Crippen LogP contribution in [0.4, 0.5) is 11.6 Å². The Balaban J connectivity index is 1.26. The molecule has 200 valence electrons. The van der Waals surface area contributed by atoms with Crippen molar-refractivity contribution in [2.24, 2.45) is 5.92 Å². The summed E-state index contributed by atoms with van der Waals surface area (Å²) in [7, 11) is -4.23. The molecule has 0 bridgehead atoms. The molecular weight excluding hydrogens is 510 g/mol. The number of carbonyl (C=O) groups is 1. The number of carbonyl (C=O) groups excluding carboxylic acids is 1. The van der Waals surface area contributed by atoms with E-state index < -0.39 is 15.9 Å². The van der Waals surface area contributed by atoms with Crippen molar-refractivity contribution >= 4 is 38.3 Å². The van der Waals surface area contributed by atoms with E-state index in [0.717, 1.165) is 13.0 Å². The maximum Gasteiger partial charge on any atom is 0.281 e. The second-order valence-corrected chi connectivity index (χ2v) is 12.6. The quantitative estimate of drug-likeness (QED) is 0.384. The number of aromatic nitrogens is 2. The van der Waals surface area contributed by atoms with Crippen molar-refractivity contribution in [1.82, 2.24) is 14.7 Å². The van der Waals surface area contributed by atoms with E-state index in [2.05, 4.69) is 64.6 Å². The number of sulfonamides is 1. The lowest BCUT2D eigenvalue weighted by Gasteiger charge is -2.36. The van der Waals surface area contributed by atoms with Crippen molar-refractivity contribution in [1.29, 1.82) is 0 Å². The maximum atomic E-state index is 13.4. The Labute approximate surface area is 228 Å². The van der Waals surface area contributed by atoms with E-state index in [9.17, 15) is 13.2 Å². The summed E-state index contributed by atoms with van der Waals surface area (Å²) >= 11 is 0. The third kappa shape index (κ3) is 4.40. The van der Waals surface area contributed by atoms with Crippen LogP contribution in [0, 0.1) is 5.92 Å². The molecule has 0 radical (unpaired) electrons. The average Bonchev–Trinajstić information content (AvgIpc) is 3.20. The van der Waals surface area contributed by atoms with Crippen LogP contribution in [-0.2, 0) is 23.1 Å². The minimum absolute atomic E-state index is 0.203. The predicted molar refractivity (Wildman–Crippen MR) is 152 cm³/mol. The summed E-state index contributed by atoms with van der Waals surface area (Å²) in [5.74, 6) is 0.702. The molecule has 4 aromatic rings. The number of benzene rings is 2. The molecule has 0 saturated carbocycles. The summed E-state index contributed by atoms with van der Waals surface area (Å²) < 4.78 is 29.0. The van der Waals surface area contributed by atoms with E-state index in [4.69, 9.17) is 0 Å².